The van der Waals surface area contributed by atoms with E-state index in [0.29, 0.717) is 28.8 Å². The Kier molecular flexibility index (Phi) is 25.0. The zero-order valence-electron chi connectivity index (χ0n) is 29.5. The van der Waals surface area contributed by atoms with Crippen LogP contribution in [0.4, 0.5) is 0 Å². The highest BCUT2D eigenvalue weighted by Gasteiger charge is 2.38. The SMILES string of the molecule is C.C.CC(=O)C(C)(C)C(C)C.CC(C)C(=O)C(C)(C)C.CC(C)C(C)(C)C.CC(C)C(C)(C)C(=O)C(C)(C)C. The second kappa shape index (κ2) is 19.2. The van der Waals surface area contributed by atoms with Crippen molar-refractivity contribution < 1.29 is 14.4 Å². The quantitative estimate of drug-likeness (QED) is 0.337. The molecule has 0 aromatic carbocycles. The first-order chi connectivity index (χ1) is 15.8. The summed E-state index contributed by atoms with van der Waals surface area (Å²) in [6.45, 7) is 45.0. The van der Waals surface area contributed by atoms with Crippen molar-refractivity contribution in [3.05, 3.63) is 0 Å². The molecule has 0 unspecified atom stereocenters. The first-order valence-electron chi connectivity index (χ1n) is 14.4. The summed E-state index contributed by atoms with van der Waals surface area (Å²) in [6, 6.07) is 0. The highest BCUT2D eigenvalue weighted by atomic mass is 16.1. The molecule has 0 aliphatic carbocycles. The summed E-state index contributed by atoms with van der Waals surface area (Å²) in [7, 11) is 0. The van der Waals surface area contributed by atoms with Crippen LogP contribution in [0.1, 0.15) is 167 Å². The third kappa shape index (κ3) is 22.4. The molecule has 240 valence electrons. The van der Waals surface area contributed by atoms with E-state index in [1.807, 2.05) is 83.1 Å². The molecule has 0 atom stereocenters. The van der Waals surface area contributed by atoms with Crippen molar-refractivity contribution in [1.82, 2.24) is 0 Å². The number of Topliss-reactive ketones (excluding diaryl/α,β-unsaturated/α-hetero) is 3. The van der Waals surface area contributed by atoms with Crippen LogP contribution in [0.2, 0.25) is 0 Å². The Morgan fingerprint density at radius 2 is 0.718 bits per heavy atom. The fourth-order valence-corrected chi connectivity index (χ4v) is 2.50. The van der Waals surface area contributed by atoms with E-state index in [2.05, 4.69) is 62.3 Å². The largest absolute Gasteiger partial charge is 0.299 e. The van der Waals surface area contributed by atoms with Gasteiger partial charge in [-0.2, -0.15) is 0 Å². The topological polar surface area (TPSA) is 51.2 Å². The number of hydrogen-bond acceptors (Lipinski definition) is 3. The van der Waals surface area contributed by atoms with E-state index in [-0.39, 0.29) is 48.2 Å². The number of carbonyl (C=O) groups is 3. The van der Waals surface area contributed by atoms with Gasteiger partial charge in [-0.15, -0.1) is 0 Å². The minimum absolute atomic E-state index is 0. The molecular weight excluding hydrogens is 480 g/mol. The van der Waals surface area contributed by atoms with E-state index in [0.717, 1.165) is 5.92 Å². The van der Waals surface area contributed by atoms with Gasteiger partial charge >= 0.3 is 0 Å². The average Bonchev–Trinajstić information content (AvgIpc) is 2.65. The molecule has 0 amide bonds. The fraction of sp³-hybridized carbons (Fsp3) is 0.917. The molecule has 0 rings (SSSR count). The maximum atomic E-state index is 11.9. The first kappa shape index (κ1) is 50.8. The Morgan fingerprint density at radius 3 is 0.744 bits per heavy atom. The summed E-state index contributed by atoms with van der Waals surface area (Å²) in [5, 5.41) is 0. The predicted octanol–water partition coefficient (Wildman–Crippen LogP) is 11.8. The van der Waals surface area contributed by atoms with Crippen molar-refractivity contribution in [2.24, 2.45) is 50.7 Å². The van der Waals surface area contributed by atoms with Gasteiger partial charge in [0.25, 0.3) is 0 Å². The third-order valence-corrected chi connectivity index (χ3v) is 8.06. The molecule has 39 heavy (non-hydrogen) atoms. The molecule has 0 aromatic heterocycles. The van der Waals surface area contributed by atoms with Gasteiger partial charge in [0.2, 0.25) is 0 Å². The Labute approximate surface area is 249 Å². The van der Waals surface area contributed by atoms with Gasteiger partial charge in [0.05, 0.1) is 0 Å². The molecular formula is C36H78O3. The summed E-state index contributed by atoms with van der Waals surface area (Å²) >= 11 is 0. The summed E-state index contributed by atoms with van der Waals surface area (Å²) in [5.41, 5.74) is -0.208. The van der Waals surface area contributed by atoms with E-state index in [1.165, 1.54) is 0 Å². The Bertz CT molecular complexity index is 668. The Hall–Kier alpha value is -0.990. The number of ketones is 3. The molecule has 0 aliphatic heterocycles. The molecule has 0 bridgehead atoms. The predicted molar refractivity (Wildman–Crippen MR) is 179 cm³/mol. The van der Waals surface area contributed by atoms with E-state index >= 15 is 0 Å². The molecule has 0 spiro atoms. The van der Waals surface area contributed by atoms with Crippen molar-refractivity contribution >= 4 is 17.3 Å². The molecule has 3 heteroatoms. The molecule has 0 heterocycles. The van der Waals surface area contributed by atoms with Crippen LogP contribution in [0.25, 0.3) is 0 Å². The molecule has 0 saturated heterocycles. The first-order valence-corrected chi connectivity index (χ1v) is 14.4. The fourth-order valence-electron chi connectivity index (χ4n) is 2.50. The minimum Gasteiger partial charge on any atom is -0.299 e. The molecule has 3 nitrogen and oxygen atoms in total. The van der Waals surface area contributed by atoms with Crippen LogP contribution >= 0.6 is 0 Å². The molecule has 0 saturated carbocycles. The van der Waals surface area contributed by atoms with Gasteiger partial charge in [0.1, 0.15) is 17.3 Å². The average molecular weight is 559 g/mol. The highest BCUT2D eigenvalue weighted by Crippen LogP contribution is 2.35. The van der Waals surface area contributed by atoms with Gasteiger partial charge in [-0.25, -0.2) is 0 Å². The van der Waals surface area contributed by atoms with Gasteiger partial charge in [0.15, 0.2) is 0 Å². The summed E-state index contributed by atoms with van der Waals surface area (Å²) in [6.07, 6.45) is 0. The molecule has 0 aliphatic rings. The lowest BCUT2D eigenvalue weighted by atomic mass is 9.69. The lowest BCUT2D eigenvalue weighted by Gasteiger charge is -2.33. The zero-order chi connectivity index (χ0) is 31.5. The van der Waals surface area contributed by atoms with Crippen LogP contribution < -0.4 is 0 Å². The summed E-state index contributed by atoms with van der Waals surface area (Å²) < 4.78 is 0. The van der Waals surface area contributed by atoms with Crippen LogP contribution in [0.3, 0.4) is 0 Å². The molecule has 0 radical (unpaired) electrons. The lowest BCUT2D eigenvalue weighted by Crippen LogP contribution is -2.38. The highest BCUT2D eigenvalue weighted by molar-refractivity contribution is 5.89. The van der Waals surface area contributed by atoms with Crippen molar-refractivity contribution in [2.45, 2.75) is 167 Å². The van der Waals surface area contributed by atoms with Gasteiger partial charge in [-0.05, 0) is 30.1 Å². The second-order valence-corrected chi connectivity index (χ2v) is 16.2. The van der Waals surface area contributed by atoms with Crippen molar-refractivity contribution in [3.63, 3.8) is 0 Å². The van der Waals surface area contributed by atoms with Gasteiger partial charge in [-0.1, -0.05) is 160 Å². The van der Waals surface area contributed by atoms with Crippen molar-refractivity contribution in [3.8, 4) is 0 Å². The van der Waals surface area contributed by atoms with Crippen LogP contribution in [0, 0.1) is 50.7 Å². The minimum atomic E-state index is -0.215. The standard InChI is InChI=1S/C11H22O.2C8H16O.C7H16.2CH4/c1-8(2)11(6,7)9(12)10(3,4)5;1-6(2)7(9)8(3,4)5;1-6(2)8(4,5)7(3)9;1-6(2)7(3,4)5;;/h8H,1-7H3;2*6H,1-5H3;6H,1-5H3;2*1H4. The van der Waals surface area contributed by atoms with Gasteiger partial charge < -0.3 is 0 Å². The van der Waals surface area contributed by atoms with Crippen LogP contribution in [-0.4, -0.2) is 17.3 Å². The maximum absolute atomic E-state index is 11.9. The Balaban J connectivity index is -0.0000000931. The van der Waals surface area contributed by atoms with E-state index in [9.17, 15) is 14.4 Å². The maximum Gasteiger partial charge on any atom is 0.144 e. The summed E-state index contributed by atoms with van der Waals surface area (Å²) in [4.78, 5) is 34.0. The smallest absolute Gasteiger partial charge is 0.144 e. The zero-order valence-corrected chi connectivity index (χ0v) is 29.5. The number of rotatable bonds is 5. The molecule has 0 aromatic rings. The normalized spacial score (nSPS) is 12.2. The van der Waals surface area contributed by atoms with Crippen LogP contribution in [0.5, 0.6) is 0 Å². The molecule has 0 fully saturated rings. The molecule has 0 N–H and O–H groups in total. The Morgan fingerprint density at radius 1 is 0.462 bits per heavy atom. The lowest BCUT2D eigenvalue weighted by molar-refractivity contribution is -0.137. The monoisotopic (exact) mass is 559 g/mol. The number of hydrogen-bond donors (Lipinski definition) is 0. The van der Waals surface area contributed by atoms with Crippen LogP contribution in [0.15, 0.2) is 0 Å². The van der Waals surface area contributed by atoms with Crippen molar-refractivity contribution in [1.29, 1.82) is 0 Å². The second-order valence-electron chi connectivity index (χ2n) is 16.2. The van der Waals surface area contributed by atoms with Gasteiger partial charge in [-0.3, -0.25) is 14.4 Å². The van der Waals surface area contributed by atoms with Crippen LogP contribution in [-0.2, 0) is 14.4 Å². The third-order valence-electron chi connectivity index (χ3n) is 8.06. The summed E-state index contributed by atoms with van der Waals surface area (Å²) in [5.74, 6) is 2.78. The van der Waals surface area contributed by atoms with Crippen molar-refractivity contribution in [2.75, 3.05) is 0 Å². The van der Waals surface area contributed by atoms with E-state index in [4.69, 9.17) is 0 Å². The van der Waals surface area contributed by atoms with Gasteiger partial charge in [0, 0.05) is 27.6 Å². The van der Waals surface area contributed by atoms with E-state index < -0.39 is 0 Å². The number of carbonyl (C=O) groups excluding carboxylic acids is 3. The van der Waals surface area contributed by atoms with E-state index in [1.54, 1.807) is 6.92 Å².